The summed E-state index contributed by atoms with van der Waals surface area (Å²) >= 11 is 3.39. The number of carbonyl (C=O) groups is 2. The molecule has 1 amide bonds. The molecule has 7 nitrogen and oxygen atoms in total. The highest BCUT2D eigenvalue weighted by Gasteiger charge is 2.51. The highest BCUT2D eigenvalue weighted by atomic mass is 79.9. The molecule has 0 bridgehead atoms. The first-order valence-electron chi connectivity index (χ1n) is 10.3. The molecule has 1 heterocycles. The van der Waals surface area contributed by atoms with E-state index in [-0.39, 0.29) is 17.8 Å². The molecule has 0 spiro atoms. The minimum absolute atomic E-state index is 0.142. The fourth-order valence-electron chi connectivity index (χ4n) is 4.15. The molecular weight excluding hydrogens is 488 g/mol. The Labute approximate surface area is 198 Å². The summed E-state index contributed by atoms with van der Waals surface area (Å²) in [5.41, 5.74) is 1.97. The molecule has 0 radical (unpaired) electrons. The van der Waals surface area contributed by atoms with E-state index >= 15 is 0 Å². The molecule has 3 aromatic carbocycles. The van der Waals surface area contributed by atoms with Crippen molar-refractivity contribution in [1.29, 1.82) is 0 Å². The lowest BCUT2D eigenvalue weighted by Gasteiger charge is -2.23. The van der Waals surface area contributed by atoms with Gasteiger partial charge in [-0.15, -0.1) is 0 Å². The number of nitro groups is 1. The van der Waals surface area contributed by atoms with E-state index in [0.717, 1.165) is 16.7 Å². The SMILES string of the molecule is Cc1ccc(CN2C(=O)C(O)(CC(=O)c3ccc([N+](=O)[O-])cc3)c3cc(Br)ccc32)c(C)c1. The highest BCUT2D eigenvalue weighted by molar-refractivity contribution is 9.10. The van der Waals surface area contributed by atoms with Gasteiger partial charge in [0.1, 0.15) is 0 Å². The molecule has 0 fully saturated rings. The van der Waals surface area contributed by atoms with E-state index in [1.54, 1.807) is 18.2 Å². The van der Waals surface area contributed by atoms with E-state index in [2.05, 4.69) is 15.9 Å². The van der Waals surface area contributed by atoms with E-state index in [1.165, 1.54) is 29.2 Å². The topological polar surface area (TPSA) is 101 Å². The minimum atomic E-state index is -2.05. The Bertz CT molecular complexity index is 1290. The van der Waals surface area contributed by atoms with Gasteiger partial charge in [0, 0.05) is 27.7 Å². The maximum absolute atomic E-state index is 13.5. The number of ketones is 1. The van der Waals surface area contributed by atoms with Gasteiger partial charge in [-0.25, -0.2) is 0 Å². The van der Waals surface area contributed by atoms with Crippen molar-refractivity contribution in [3.8, 4) is 0 Å². The zero-order valence-corrected chi connectivity index (χ0v) is 19.6. The molecule has 1 N–H and O–H groups in total. The number of anilines is 1. The number of fused-ring (bicyclic) bond motifs is 1. The molecular formula is C25H21BrN2O5. The molecule has 1 aliphatic rings. The van der Waals surface area contributed by atoms with Crippen molar-refractivity contribution in [2.24, 2.45) is 0 Å². The fourth-order valence-corrected chi connectivity index (χ4v) is 4.51. The molecule has 0 saturated heterocycles. The Hall–Kier alpha value is -3.36. The molecule has 1 atom stereocenters. The predicted molar refractivity (Wildman–Crippen MR) is 127 cm³/mol. The van der Waals surface area contributed by atoms with Gasteiger partial charge < -0.3 is 10.0 Å². The van der Waals surface area contributed by atoms with E-state index in [4.69, 9.17) is 0 Å². The van der Waals surface area contributed by atoms with Crippen molar-refractivity contribution in [2.75, 3.05) is 4.90 Å². The third-order valence-electron chi connectivity index (χ3n) is 5.94. The van der Waals surface area contributed by atoms with Gasteiger partial charge >= 0.3 is 0 Å². The predicted octanol–water partition coefficient (Wildman–Crippen LogP) is 4.98. The van der Waals surface area contributed by atoms with Crippen LogP contribution in [0, 0.1) is 24.0 Å². The first-order chi connectivity index (χ1) is 15.6. The fraction of sp³-hybridized carbons (Fsp3) is 0.200. The van der Waals surface area contributed by atoms with Crippen molar-refractivity contribution in [3.63, 3.8) is 0 Å². The Morgan fingerprint density at radius 3 is 2.42 bits per heavy atom. The first kappa shape index (κ1) is 22.8. The molecule has 0 aliphatic carbocycles. The lowest BCUT2D eigenvalue weighted by molar-refractivity contribution is -0.384. The third kappa shape index (κ3) is 4.19. The largest absolute Gasteiger partial charge is 0.375 e. The number of hydrogen-bond acceptors (Lipinski definition) is 5. The summed E-state index contributed by atoms with van der Waals surface area (Å²) in [5.74, 6) is -1.06. The van der Waals surface area contributed by atoms with Crippen molar-refractivity contribution < 1.29 is 19.6 Å². The maximum atomic E-state index is 13.5. The lowest BCUT2D eigenvalue weighted by Crippen LogP contribution is -2.41. The molecule has 0 saturated carbocycles. The number of Topliss-reactive ketones (excluding diaryl/α,β-unsaturated/α-hetero) is 1. The van der Waals surface area contributed by atoms with Gasteiger partial charge in [-0.05, 0) is 55.3 Å². The third-order valence-corrected chi connectivity index (χ3v) is 6.43. The van der Waals surface area contributed by atoms with Gasteiger partial charge in [0.2, 0.25) is 0 Å². The number of benzene rings is 3. The molecule has 1 unspecified atom stereocenters. The van der Waals surface area contributed by atoms with Crippen LogP contribution in [0.5, 0.6) is 0 Å². The summed E-state index contributed by atoms with van der Waals surface area (Å²) in [7, 11) is 0. The van der Waals surface area contributed by atoms with Crippen LogP contribution in [0.15, 0.2) is 65.1 Å². The number of carbonyl (C=O) groups excluding carboxylic acids is 2. The Morgan fingerprint density at radius 2 is 1.79 bits per heavy atom. The summed E-state index contributed by atoms with van der Waals surface area (Å²) in [6.07, 6.45) is -0.476. The van der Waals surface area contributed by atoms with Crippen LogP contribution in [-0.2, 0) is 16.9 Å². The summed E-state index contributed by atoms with van der Waals surface area (Å²) in [4.78, 5) is 38.3. The normalized spacial score (nSPS) is 17.2. The Balaban J connectivity index is 1.69. The van der Waals surface area contributed by atoms with Crippen LogP contribution in [0.1, 0.15) is 39.0 Å². The van der Waals surface area contributed by atoms with Crippen LogP contribution in [0.2, 0.25) is 0 Å². The van der Waals surface area contributed by atoms with E-state index in [1.807, 2.05) is 32.0 Å². The van der Waals surface area contributed by atoms with Gasteiger partial charge in [-0.3, -0.25) is 19.7 Å². The van der Waals surface area contributed by atoms with Crippen LogP contribution in [0.25, 0.3) is 0 Å². The van der Waals surface area contributed by atoms with Crippen LogP contribution < -0.4 is 4.90 Å². The zero-order chi connectivity index (χ0) is 23.9. The van der Waals surface area contributed by atoms with Crippen LogP contribution >= 0.6 is 15.9 Å². The van der Waals surface area contributed by atoms with Crippen molar-refractivity contribution in [3.05, 3.63) is 103 Å². The molecule has 0 aromatic heterocycles. The lowest BCUT2D eigenvalue weighted by atomic mass is 9.88. The number of nitro benzene ring substituents is 1. The van der Waals surface area contributed by atoms with Crippen LogP contribution in [0.4, 0.5) is 11.4 Å². The van der Waals surface area contributed by atoms with Gasteiger partial charge in [0.25, 0.3) is 11.6 Å². The summed E-state index contributed by atoms with van der Waals surface area (Å²) < 4.78 is 0.670. The average molecular weight is 509 g/mol. The summed E-state index contributed by atoms with van der Waals surface area (Å²) in [6, 6.07) is 16.2. The molecule has 8 heteroatoms. The Morgan fingerprint density at radius 1 is 1.09 bits per heavy atom. The molecule has 168 valence electrons. The second kappa shape index (κ2) is 8.53. The van der Waals surface area contributed by atoms with Gasteiger partial charge in [0.05, 0.1) is 23.6 Å². The number of rotatable bonds is 6. The van der Waals surface area contributed by atoms with Crippen molar-refractivity contribution in [1.82, 2.24) is 0 Å². The number of nitrogens with zero attached hydrogens (tertiary/aromatic N) is 2. The number of hydrogen-bond donors (Lipinski definition) is 1. The smallest absolute Gasteiger partial charge is 0.269 e. The molecule has 3 aromatic rings. The van der Waals surface area contributed by atoms with E-state index in [0.29, 0.717) is 15.7 Å². The molecule has 4 rings (SSSR count). The minimum Gasteiger partial charge on any atom is -0.375 e. The monoisotopic (exact) mass is 508 g/mol. The van der Waals surface area contributed by atoms with Gasteiger partial charge in [-0.2, -0.15) is 0 Å². The Kier molecular flexibility index (Phi) is 5.90. The standard InChI is InChI=1S/C25H21BrN2O5/c1-15-3-4-18(16(2)11-15)14-27-22-10-7-19(26)12-21(22)25(31,24(27)30)13-23(29)17-5-8-20(9-6-17)28(32)33/h3-12,31H,13-14H2,1-2H3. The number of non-ortho nitro benzene ring substituents is 1. The van der Waals surface area contributed by atoms with Gasteiger partial charge in [-0.1, -0.05) is 39.7 Å². The second-order valence-corrected chi connectivity index (χ2v) is 9.16. The molecule has 33 heavy (non-hydrogen) atoms. The zero-order valence-electron chi connectivity index (χ0n) is 18.0. The molecule has 1 aliphatic heterocycles. The van der Waals surface area contributed by atoms with Crippen LogP contribution in [-0.4, -0.2) is 21.7 Å². The quantitative estimate of drug-likeness (QED) is 0.287. The maximum Gasteiger partial charge on any atom is 0.269 e. The van der Waals surface area contributed by atoms with E-state index < -0.39 is 28.6 Å². The summed E-state index contributed by atoms with van der Waals surface area (Å²) in [5, 5.41) is 22.4. The first-order valence-corrected chi connectivity index (χ1v) is 11.1. The number of amides is 1. The second-order valence-electron chi connectivity index (χ2n) is 8.25. The van der Waals surface area contributed by atoms with Crippen molar-refractivity contribution in [2.45, 2.75) is 32.4 Å². The van der Waals surface area contributed by atoms with E-state index in [9.17, 15) is 24.8 Å². The number of halogens is 1. The highest BCUT2D eigenvalue weighted by Crippen LogP contribution is 2.45. The van der Waals surface area contributed by atoms with Crippen molar-refractivity contribution >= 4 is 39.0 Å². The van der Waals surface area contributed by atoms with Gasteiger partial charge in [0.15, 0.2) is 11.4 Å². The number of aliphatic hydroxyl groups is 1. The van der Waals surface area contributed by atoms with Crippen LogP contribution in [0.3, 0.4) is 0 Å². The average Bonchev–Trinajstić information content (AvgIpc) is 2.97. The summed E-state index contributed by atoms with van der Waals surface area (Å²) in [6.45, 7) is 4.22. The number of aryl methyl sites for hydroxylation is 2.